The Morgan fingerprint density at radius 2 is 1.55 bits per heavy atom. The Hall–Kier alpha value is -5.48. The summed E-state index contributed by atoms with van der Waals surface area (Å²) in [5, 5.41) is 13.4. The number of ether oxygens (including phenoxy) is 1. The summed E-state index contributed by atoms with van der Waals surface area (Å²) in [6.45, 7) is 1.74. The Morgan fingerprint density at radius 3 is 2.25 bits per heavy atom. The van der Waals surface area contributed by atoms with Gasteiger partial charge in [-0.05, 0) is 86.3 Å². The van der Waals surface area contributed by atoms with E-state index in [0.717, 1.165) is 27.9 Å². The number of hydrogen-bond donors (Lipinski definition) is 2. The molecule has 1 saturated carbocycles. The zero-order chi connectivity index (χ0) is 35.8. The number of phenolic OH excluding ortho intramolecular Hbond substituents is 1. The fraction of sp³-hybridized carbons (Fsp3) is 0.250. The second kappa shape index (κ2) is 12.1. The van der Waals surface area contributed by atoms with E-state index in [1.54, 1.807) is 25.1 Å². The standard InChI is InChI=1S/C40H33ClFN3O6/c1-40-30(37(48)45(39(40)50)24-12-17-32(42)31(41)18-24)20-29-26(35(40)27-14-13-25(46)19-33(27)51-2)15-16-28-34(29)38(49)44(36(28)47)23-10-8-22(9-11-23)43-21-6-4-3-5-7-21/h3-15,17-19,28-30,34-35,43,46H,16,20H2,1-2H3/t28-,29+,30-,34-,35+,40+/m0/s1. The summed E-state index contributed by atoms with van der Waals surface area (Å²) in [5.41, 5.74) is 2.25. The summed E-state index contributed by atoms with van der Waals surface area (Å²) in [6.07, 6.45) is 2.35. The monoisotopic (exact) mass is 705 g/mol. The molecule has 9 nitrogen and oxygen atoms in total. The van der Waals surface area contributed by atoms with Crippen LogP contribution in [-0.4, -0.2) is 35.8 Å². The molecule has 0 spiro atoms. The maximum absolute atomic E-state index is 14.6. The van der Waals surface area contributed by atoms with Gasteiger partial charge >= 0.3 is 0 Å². The van der Waals surface area contributed by atoms with Crippen LogP contribution in [0.4, 0.5) is 27.1 Å². The highest BCUT2D eigenvalue weighted by atomic mass is 35.5. The van der Waals surface area contributed by atoms with Crippen molar-refractivity contribution in [3.8, 4) is 11.5 Å². The minimum absolute atomic E-state index is 0.0454. The molecule has 0 bridgehead atoms. The van der Waals surface area contributed by atoms with E-state index in [2.05, 4.69) is 5.32 Å². The lowest BCUT2D eigenvalue weighted by atomic mass is 9.51. The van der Waals surface area contributed by atoms with Crippen LogP contribution in [0.5, 0.6) is 11.5 Å². The molecule has 51 heavy (non-hydrogen) atoms. The third kappa shape index (κ3) is 4.95. The zero-order valence-corrected chi connectivity index (χ0v) is 28.4. The first-order valence-electron chi connectivity index (χ1n) is 16.7. The van der Waals surface area contributed by atoms with Gasteiger partial charge < -0.3 is 15.2 Å². The predicted octanol–water partition coefficient (Wildman–Crippen LogP) is 7.37. The predicted molar refractivity (Wildman–Crippen MR) is 189 cm³/mol. The molecule has 2 saturated heterocycles. The first-order chi connectivity index (χ1) is 24.5. The fourth-order valence-corrected chi connectivity index (χ4v) is 8.98. The van der Waals surface area contributed by atoms with Crippen molar-refractivity contribution in [1.82, 2.24) is 0 Å². The summed E-state index contributed by atoms with van der Waals surface area (Å²) >= 11 is 6.10. The topological polar surface area (TPSA) is 116 Å². The highest BCUT2D eigenvalue weighted by Gasteiger charge is 2.68. The molecular formula is C40H33ClFN3O6. The number of imide groups is 2. The molecule has 8 rings (SSSR count). The molecule has 258 valence electrons. The van der Waals surface area contributed by atoms with Gasteiger partial charge in [0.05, 0.1) is 46.7 Å². The second-order valence-corrected chi connectivity index (χ2v) is 14.1. The molecular weight excluding hydrogens is 673 g/mol. The largest absolute Gasteiger partial charge is 0.508 e. The normalized spacial score (nSPS) is 26.8. The first kappa shape index (κ1) is 32.7. The number of benzene rings is 4. The molecule has 2 aliphatic heterocycles. The lowest BCUT2D eigenvalue weighted by molar-refractivity contribution is -0.131. The Labute approximate surface area is 298 Å². The molecule has 3 fully saturated rings. The summed E-state index contributed by atoms with van der Waals surface area (Å²) < 4.78 is 19.9. The summed E-state index contributed by atoms with van der Waals surface area (Å²) in [7, 11) is 1.45. The van der Waals surface area contributed by atoms with E-state index in [0.29, 0.717) is 17.0 Å². The fourth-order valence-electron chi connectivity index (χ4n) is 8.80. The first-order valence-corrected chi connectivity index (χ1v) is 17.1. The van der Waals surface area contributed by atoms with E-state index in [-0.39, 0.29) is 41.1 Å². The minimum atomic E-state index is -1.36. The van der Waals surface area contributed by atoms with Gasteiger partial charge in [0.1, 0.15) is 17.3 Å². The van der Waals surface area contributed by atoms with Crippen LogP contribution in [0.2, 0.25) is 5.02 Å². The number of phenols is 1. The van der Waals surface area contributed by atoms with Crippen molar-refractivity contribution in [3.63, 3.8) is 0 Å². The van der Waals surface area contributed by atoms with E-state index < -0.39 is 52.6 Å². The van der Waals surface area contributed by atoms with Gasteiger partial charge in [0, 0.05) is 28.9 Å². The highest BCUT2D eigenvalue weighted by molar-refractivity contribution is 6.32. The SMILES string of the molecule is COc1cc(O)ccc1[C@H]1C2=CC[C@@H]3C(=O)N(c4ccc(Nc5ccccc5)cc4)C(=O)[C@@H]3[C@@H]2C[C@H]2C(=O)N(c3ccc(F)c(Cl)c3)C(=O)[C@@]12C. The van der Waals surface area contributed by atoms with Gasteiger partial charge in [-0.2, -0.15) is 0 Å². The van der Waals surface area contributed by atoms with Gasteiger partial charge in [-0.25, -0.2) is 9.29 Å². The van der Waals surface area contributed by atoms with E-state index >= 15 is 0 Å². The van der Waals surface area contributed by atoms with Crippen molar-refractivity contribution < 1.29 is 33.4 Å². The molecule has 4 aromatic rings. The van der Waals surface area contributed by atoms with Gasteiger partial charge in [-0.1, -0.05) is 47.5 Å². The van der Waals surface area contributed by atoms with Crippen molar-refractivity contribution in [2.45, 2.75) is 25.7 Å². The third-order valence-corrected chi connectivity index (χ3v) is 11.4. The van der Waals surface area contributed by atoms with Crippen LogP contribution in [0.25, 0.3) is 0 Å². The molecule has 4 aliphatic rings. The van der Waals surface area contributed by atoms with Gasteiger partial charge in [0.15, 0.2) is 0 Å². The quantitative estimate of drug-likeness (QED) is 0.159. The molecule has 4 aromatic carbocycles. The number of fused-ring (bicyclic) bond motifs is 4. The average molecular weight is 706 g/mol. The summed E-state index contributed by atoms with van der Waals surface area (Å²) in [5.74, 6) is -5.72. The Kier molecular flexibility index (Phi) is 7.75. The number of hydrogen-bond acceptors (Lipinski definition) is 7. The van der Waals surface area contributed by atoms with Crippen LogP contribution in [-0.2, 0) is 19.2 Å². The van der Waals surface area contributed by atoms with Crippen molar-refractivity contribution in [3.05, 3.63) is 119 Å². The number of amides is 4. The smallest absolute Gasteiger partial charge is 0.241 e. The van der Waals surface area contributed by atoms with Crippen LogP contribution in [0.15, 0.2) is 103 Å². The molecule has 2 heterocycles. The second-order valence-electron chi connectivity index (χ2n) is 13.7. The van der Waals surface area contributed by atoms with Crippen LogP contribution in [0, 0.1) is 34.9 Å². The Bertz CT molecular complexity index is 2160. The van der Waals surface area contributed by atoms with Crippen LogP contribution < -0.4 is 19.9 Å². The van der Waals surface area contributed by atoms with Gasteiger partial charge in [0.2, 0.25) is 23.6 Å². The maximum atomic E-state index is 14.6. The van der Waals surface area contributed by atoms with E-state index in [1.165, 1.54) is 36.3 Å². The molecule has 0 radical (unpaired) electrons. The van der Waals surface area contributed by atoms with Crippen LogP contribution in [0.3, 0.4) is 0 Å². The number of anilines is 4. The van der Waals surface area contributed by atoms with E-state index in [9.17, 15) is 28.7 Å². The molecule has 2 aliphatic carbocycles. The lowest BCUT2D eigenvalue weighted by Gasteiger charge is -2.49. The molecule has 11 heteroatoms. The zero-order valence-electron chi connectivity index (χ0n) is 27.7. The number of halogens is 2. The number of para-hydroxylation sites is 1. The van der Waals surface area contributed by atoms with E-state index in [4.69, 9.17) is 16.3 Å². The molecule has 6 atom stereocenters. The number of nitrogens with one attached hydrogen (secondary N) is 1. The van der Waals surface area contributed by atoms with Gasteiger partial charge in [-0.15, -0.1) is 0 Å². The van der Waals surface area contributed by atoms with Crippen molar-refractivity contribution >= 4 is 58.0 Å². The average Bonchev–Trinajstić information content (AvgIpc) is 3.50. The van der Waals surface area contributed by atoms with Crippen LogP contribution >= 0.6 is 11.6 Å². The molecule has 2 N–H and O–H groups in total. The number of aromatic hydroxyl groups is 1. The third-order valence-electron chi connectivity index (χ3n) is 11.2. The summed E-state index contributed by atoms with van der Waals surface area (Å²) in [4.78, 5) is 59.8. The molecule has 4 amide bonds. The summed E-state index contributed by atoms with van der Waals surface area (Å²) in [6, 6.07) is 25.0. The highest BCUT2D eigenvalue weighted by Crippen LogP contribution is 2.64. The number of carbonyl (C=O) groups is 4. The van der Waals surface area contributed by atoms with Gasteiger partial charge in [-0.3, -0.25) is 24.1 Å². The van der Waals surface area contributed by atoms with E-state index in [1.807, 2.05) is 48.5 Å². The van der Waals surface area contributed by atoms with Crippen LogP contribution in [0.1, 0.15) is 31.2 Å². The molecule has 0 unspecified atom stereocenters. The molecule has 0 aromatic heterocycles. The number of rotatable bonds is 6. The number of allylic oxidation sites excluding steroid dienone is 2. The number of nitrogens with zero attached hydrogens (tertiary/aromatic N) is 2. The maximum Gasteiger partial charge on any atom is 0.241 e. The lowest BCUT2D eigenvalue weighted by Crippen LogP contribution is -2.49. The minimum Gasteiger partial charge on any atom is -0.508 e. The number of methoxy groups -OCH3 is 1. The van der Waals surface area contributed by atoms with Crippen molar-refractivity contribution in [1.29, 1.82) is 0 Å². The Morgan fingerprint density at radius 1 is 0.843 bits per heavy atom. The number of carbonyl (C=O) groups excluding carboxylic acids is 4. The van der Waals surface area contributed by atoms with Gasteiger partial charge in [0.25, 0.3) is 0 Å². The van der Waals surface area contributed by atoms with Crippen molar-refractivity contribution in [2.75, 3.05) is 22.2 Å². The van der Waals surface area contributed by atoms with Crippen molar-refractivity contribution in [2.24, 2.45) is 29.1 Å². The Balaban J connectivity index is 1.19.